The Balaban J connectivity index is 1.38. The Hall–Kier alpha value is -1.02. The molecule has 1 aliphatic heterocycles. The molecule has 3 unspecified atom stereocenters. The minimum atomic E-state index is 0.745. The third-order valence-corrected chi connectivity index (χ3v) is 5.90. The molecule has 0 aromatic heterocycles. The van der Waals surface area contributed by atoms with Gasteiger partial charge in [-0.05, 0) is 67.2 Å². The molecule has 1 heterocycles. The molecule has 114 valence electrons. The summed E-state index contributed by atoms with van der Waals surface area (Å²) in [6.07, 6.45) is 8.06. The van der Waals surface area contributed by atoms with E-state index in [9.17, 15) is 0 Å². The van der Waals surface area contributed by atoms with Crippen molar-refractivity contribution >= 4 is 0 Å². The smallest absolute Gasteiger partial charge is 0.122 e. The molecule has 0 saturated heterocycles. The van der Waals surface area contributed by atoms with E-state index in [1.807, 2.05) is 0 Å². The Morgan fingerprint density at radius 3 is 2.95 bits per heavy atom. The summed E-state index contributed by atoms with van der Waals surface area (Å²) in [6.45, 7) is 4.22. The molecule has 0 spiro atoms. The fraction of sp³-hybridized carbons (Fsp3) is 0.684. The van der Waals surface area contributed by atoms with E-state index in [-0.39, 0.29) is 0 Å². The predicted molar refractivity (Wildman–Crippen MR) is 85.7 cm³/mol. The SMILES string of the molecule is CCNC(CCc1ccc2c(c1)CCO2)C1C2CCCC21. The van der Waals surface area contributed by atoms with E-state index in [1.165, 1.54) is 43.2 Å². The van der Waals surface area contributed by atoms with Gasteiger partial charge >= 0.3 is 0 Å². The summed E-state index contributed by atoms with van der Waals surface area (Å²) in [7, 11) is 0. The molecule has 2 heteroatoms. The third kappa shape index (κ3) is 2.59. The Labute approximate surface area is 128 Å². The summed E-state index contributed by atoms with van der Waals surface area (Å²) in [4.78, 5) is 0. The minimum absolute atomic E-state index is 0.745. The molecule has 2 saturated carbocycles. The van der Waals surface area contributed by atoms with Gasteiger partial charge in [-0.15, -0.1) is 0 Å². The first-order chi connectivity index (χ1) is 10.4. The van der Waals surface area contributed by atoms with Crippen molar-refractivity contribution < 1.29 is 4.74 Å². The lowest BCUT2D eigenvalue weighted by Crippen LogP contribution is -2.33. The van der Waals surface area contributed by atoms with Gasteiger partial charge in [0.1, 0.15) is 5.75 Å². The summed E-state index contributed by atoms with van der Waals surface area (Å²) in [5, 5.41) is 3.77. The van der Waals surface area contributed by atoms with Crippen LogP contribution in [0.2, 0.25) is 0 Å². The van der Waals surface area contributed by atoms with E-state index in [1.54, 1.807) is 0 Å². The Bertz CT molecular complexity index is 502. The third-order valence-electron chi connectivity index (χ3n) is 5.90. The van der Waals surface area contributed by atoms with Crippen LogP contribution >= 0.6 is 0 Å². The molecule has 0 amide bonds. The topological polar surface area (TPSA) is 21.3 Å². The lowest BCUT2D eigenvalue weighted by Gasteiger charge is -2.20. The monoisotopic (exact) mass is 285 g/mol. The Morgan fingerprint density at radius 1 is 1.29 bits per heavy atom. The number of benzene rings is 1. The molecule has 4 rings (SSSR count). The molecule has 21 heavy (non-hydrogen) atoms. The zero-order valence-corrected chi connectivity index (χ0v) is 13.1. The molecule has 3 atom stereocenters. The van der Waals surface area contributed by atoms with Gasteiger partial charge in [-0.1, -0.05) is 25.5 Å². The van der Waals surface area contributed by atoms with Gasteiger partial charge in [-0.2, -0.15) is 0 Å². The second kappa shape index (κ2) is 5.64. The normalized spacial score (nSPS) is 30.6. The average Bonchev–Trinajstić information content (AvgIpc) is 2.89. The van der Waals surface area contributed by atoms with Gasteiger partial charge in [0.25, 0.3) is 0 Å². The first kappa shape index (κ1) is 13.6. The van der Waals surface area contributed by atoms with Crippen molar-refractivity contribution in [3.05, 3.63) is 29.3 Å². The van der Waals surface area contributed by atoms with Crippen molar-refractivity contribution in [1.29, 1.82) is 0 Å². The van der Waals surface area contributed by atoms with Gasteiger partial charge in [-0.25, -0.2) is 0 Å². The Kier molecular flexibility index (Phi) is 3.66. The van der Waals surface area contributed by atoms with Crippen LogP contribution in [0.3, 0.4) is 0 Å². The van der Waals surface area contributed by atoms with Gasteiger partial charge in [0.15, 0.2) is 0 Å². The summed E-state index contributed by atoms with van der Waals surface area (Å²) >= 11 is 0. The number of aryl methyl sites for hydroxylation is 1. The van der Waals surface area contributed by atoms with Crippen LogP contribution in [-0.4, -0.2) is 19.2 Å². The lowest BCUT2D eigenvalue weighted by atomic mass is 9.96. The summed E-state index contributed by atoms with van der Waals surface area (Å²) in [5.41, 5.74) is 2.91. The highest BCUT2D eigenvalue weighted by atomic mass is 16.5. The van der Waals surface area contributed by atoms with Crippen molar-refractivity contribution in [2.75, 3.05) is 13.2 Å². The zero-order valence-electron chi connectivity index (χ0n) is 13.1. The van der Waals surface area contributed by atoms with Crippen LogP contribution in [0, 0.1) is 17.8 Å². The highest BCUT2D eigenvalue weighted by Crippen LogP contribution is 2.59. The molecule has 1 N–H and O–H groups in total. The number of hydrogen-bond donors (Lipinski definition) is 1. The van der Waals surface area contributed by atoms with Crippen LogP contribution in [0.25, 0.3) is 0 Å². The molecule has 2 nitrogen and oxygen atoms in total. The predicted octanol–water partition coefficient (Wildman–Crippen LogP) is 3.58. The number of fused-ring (bicyclic) bond motifs is 2. The van der Waals surface area contributed by atoms with Crippen molar-refractivity contribution in [1.82, 2.24) is 5.32 Å². The lowest BCUT2D eigenvalue weighted by molar-refractivity contribution is 0.356. The van der Waals surface area contributed by atoms with E-state index >= 15 is 0 Å². The summed E-state index contributed by atoms with van der Waals surface area (Å²) in [6, 6.07) is 7.56. The van der Waals surface area contributed by atoms with E-state index in [0.717, 1.165) is 49.1 Å². The van der Waals surface area contributed by atoms with Gasteiger partial charge < -0.3 is 10.1 Å². The quantitative estimate of drug-likeness (QED) is 0.862. The number of nitrogens with one attached hydrogen (secondary N) is 1. The molecule has 2 fully saturated rings. The van der Waals surface area contributed by atoms with E-state index in [2.05, 4.69) is 30.4 Å². The van der Waals surface area contributed by atoms with Crippen LogP contribution < -0.4 is 10.1 Å². The molecule has 0 radical (unpaired) electrons. The maximum atomic E-state index is 5.60. The zero-order chi connectivity index (χ0) is 14.2. The second-order valence-corrected chi connectivity index (χ2v) is 7.08. The van der Waals surface area contributed by atoms with Gasteiger partial charge in [0.05, 0.1) is 6.61 Å². The minimum Gasteiger partial charge on any atom is -0.493 e. The Morgan fingerprint density at radius 2 is 2.14 bits per heavy atom. The number of rotatable bonds is 6. The largest absolute Gasteiger partial charge is 0.493 e. The molecule has 0 bridgehead atoms. The number of ether oxygens (including phenoxy) is 1. The second-order valence-electron chi connectivity index (χ2n) is 7.08. The fourth-order valence-corrected chi connectivity index (χ4v) is 4.88. The van der Waals surface area contributed by atoms with Crippen molar-refractivity contribution in [2.24, 2.45) is 17.8 Å². The van der Waals surface area contributed by atoms with Gasteiger partial charge in [0, 0.05) is 12.5 Å². The first-order valence-electron chi connectivity index (χ1n) is 8.85. The highest BCUT2D eigenvalue weighted by molar-refractivity contribution is 5.39. The summed E-state index contributed by atoms with van der Waals surface area (Å²) in [5.74, 6) is 4.21. The van der Waals surface area contributed by atoms with Crippen molar-refractivity contribution in [3.8, 4) is 5.75 Å². The highest BCUT2D eigenvalue weighted by Gasteiger charge is 2.55. The maximum Gasteiger partial charge on any atom is 0.122 e. The molecule has 1 aromatic carbocycles. The van der Waals surface area contributed by atoms with Crippen molar-refractivity contribution in [3.63, 3.8) is 0 Å². The van der Waals surface area contributed by atoms with Crippen LogP contribution in [0.1, 0.15) is 43.7 Å². The molecule has 3 aliphatic rings. The summed E-state index contributed by atoms with van der Waals surface area (Å²) < 4.78 is 5.60. The van der Waals surface area contributed by atoms with Crippen LogP contribution in [0.15, 0.2) is 18.2 Å². The van der Waals surface area contributed by atoms with Gasteiger partial charge in [-0.3, -0.25) is 0 Å². The fourth-order valence-electron chi connectivity index (χ4n) is 4.88. The average molecular weight is 285 g/mol. The van der Waals surface area contributed by atoms with E-state index < -0.39 is 0 Å². The van der Waals surface area contributed by atoms with Gasteiger partial charge in [0.2, 0.25) is 0 Å². The standard InChI is InChI=1S/C19H27NO/c1-2-20-17(19-15-4-3-5-16(15)19)8-6-13-7-9-18-14(12-13)10-11-21-18/h7,9,12,15-17,19-20H,2-6,8,10-11H2,1H3. The maximum absolute atomic E-state index is 5.60. The molecular formula is C19H27NO. The number of hydrogen-bond acceptors (Lipinski definition) is 2. The first-order valence-corrected chi connectivity index (χ1v) is 8.85. The molecule has 2 aliphatic carbocycles. The van der Waals surface area contributed by atoms with Crippen LogP contribution in [0.4, 0.5) is 0 Å². The van der Waals surface area contributed by atoms with E-state index in [0.29, 0.717) is 0 Å². The van der Waals surface area contributed by atoms with Crippen molar-refractivity contribution in [2.45, 2.75) is 51.5 Å². The van der Waals surface area contributed by atoms with Crippen LogP contribution in [0.5, 0.6) is 5.75 Å². The van der Waals surface area contributed by atoms with E-state index in [4.69, 9.17) is 4.74 Å². The molecular weight excluding hydrogens is 258 g/mol. The van der Waals surface area contributed by atoms with Crippen LogP contribution in [-0.2, 0) is 12.8 Å². The molecule has 1 aromatic rings.